The van der Waals surface area contributed by atoms with Crippen molar-refractivity contribution in [3.8, 4) is 5.75 Å². The molecule has 1 atom stereocenters. The summed E-state index contributed by atoms with van der Waals surface area (Å²) in [5.41, 5.74) is 1.17. The predicted molar refractivity (Wildman–Crippen MR) is 105 cm³/mol. The van der Waals surface area contributed by atoms with Crippen LogP contribution >= 0.6 is 0 Å². The number of rotatable bonds is 10. The third-order valence-electron chi connectivity index (χ3n) is 4.54. The highest BCUT2D eigenvalue weighted by molar-refractivity contribution is 5.80. The number of hydrogen-bond donors (Lipinski definition) is 1. The van der Waals surface area contributed by atoms with Crippen molar-refractivity contribution in [3.05, 3.63) is 29.8 Å². The van der Waals surface area contributed by atoms with E-state index in [2.05, 4.69) is 28.2 Å². The van der Waals surface area contributed by atoms with E-state index in [0.717, 1.165) is 50.8 Å². The highest BCUT2D eigenvalue weighted by Crippen LogP contribution is 2.17. The van der Waals surface area contributed by atoms with Gasteiger partial charge in [-0.3, -0.25) is 4.99 Å². The monoisotopic (exact) mass is 363 g/mol. The quantitative estimate of drug-likeness (QED) is 0.393. The minimum atomic E-state index is 0.565. The fourth-order valence-electron chi connectivity index (χ4n) is 3.06. The Morgan fingerprint density at radius 1 is 1.27 bits per heavy atom. The zero-order valence-corrected chi connectivity index (χ0v) is 16.4. The molecule has 0 aromatic heterocycles. The minimum Gasteiger partial charge on any atom is -0.493 e. The highest BCUT2D eigenvalue weighted by atomic mass is 16.5. The first kappa shape index (κ1) is 20.5. The van der Waals surface area contributed by atoms with Crippen molar-refractivity contribution in [3.63, 3.8) is 0 Å². The van der Waals surface area contributed by atoms with Gasteiger partial charge in [0.15, 0.2) is 5.96 Å². The van der Waals surface area contributed by atoms with Gasteiger partial charge in [-0.2, -0.15) is 0 Å². The number of guanidine groups is 1. The molecule has 26 heavy (non-hydrogen) atoms. The summed E-state index contributed by atoms with van der Waals surface area (Å²) in [5.74, 6) is 2.50. The van der Waals surface area contributed by atoms with Crippen LogP contribution in [0.3, 0.4) is 0 Å². The molecular formula is C20H33N3O3. The van der Waals surface area contributed by atoms with Crippen molar-refractivity contribution in [2.75, 3.05) is 60.2 Å². The zero-order chi connectivity index (χ0) is 18.6. The van der Waals surface area contributed by atoms with E-state index in [0.29, 0.717) is 25.7 Å². The van der Waals surface area contributed by atoms with E-state index in [1.54, 1.807) is 7.11 Å². The van der Waals surface area contributed by atoms with E-state index in [9.17, 15) is 0 Å². The molecule has 1 heterocycles. The van der Waals surface area contributed by atoms with E-state index in [-0.39, 0.29) is 0 Å². The normalized spacial score (nSPS) is 17.6. The third kappa shape index (κ3) is 6.84. The van der Waals surface area contributed by atoms with Crippen LogP contribution in [0.4, 0.5) is 0 Å². The van der Waals surface area contributed by atoms with E-state index in [4.69, 9.17) is 14.2 Å². The summed E-state index contributed by atoms with van der Waals surface area (Å²) in [4.78, 5) is 6.73. The maximum absolute atomic E-state index is 5.84. The molecule has 1 aliphatic rings. The smallest absolute Gasteiger partial charge is 0.193 e. The number of aliphatic imine (C=N–C) groups is 1. The average Bonchev–Trinajstić information content (AvgIpc) is 3.12. The maximum Gasteiger partial charge on any atom is 0.193 e. The van der Waals surface area contributed by atoms with Crippen molar-refractivity contribution in [1.82, 2.24) is 10.2 Å². The Kier molecular flexibility index (Phi) is 9.28. The Balaban J connectivity index is 1.61. The molecular weight excluding hydrogens is 330 g/mol. The molecule has 1 fully saturated rings. The molecule has 1 aliphatic heterocycles. The molecule has 1 saturated heterocycles. The third-order valence-corrected chi connectivity index (χ3v) is 4.54. The van der Waals surface area contributed by atoms with Gasteiger partial charge in [0.2, 0.25) is 0 Å². The van der Waals surface area contributed by atoms with Gasteiger partial charge in [0, 0.05) is 39.7 Å². The molecule has 1 aromatic rings. The van der Waals surface area contributed by atoms with Gasteiger partial charge < -0.3 is 24.4 Å². The Morgan fingerprint density at radius 3 is 2.88 bits per heavy atom. The SMILES string of the molecule is CN=C(NCCCOc1ccccc1C)N1CCC(COCCOC)C1. The van der Waals surface area contributed by atoms with Crippen molar-refractivity contribution in [2.45, 2.75) is 19.8 Å². The highest BCUT2D eigenvalue weighted by Gasteiger charge is 2.24. The lowest BCUT2D eigenvalue weighted by molar-refractivity contribution is 0.0536. The summed E-state index contributed by atoms with van der Waals surface area (Å²) in [6.45, 7) is 7.75. The number of methoxy groups -OCH3 is 1. The van der Waals surface area contributed by atoms with Gasteiger partial charge in [0.1, 0.15) is 5.75 Å². The Labute approximate surface area is 157 Å². The molecule has 6 heteroatoms. The molecule has 0 bridgehead atoms. The molecule has 1 aromatic carbocycles. The number of para-hydroxylation sites is 1. The molecule has 1 unspecified atom stereocenters. The van der Waals surface area contributed by atoms with Crippen molar-refractivity contribution in [2.24, 2.45) is 10.9 Å². The van der Waals surface area contributed by atoms with Gasteiger partial charge in [0.25, 0.3) is 0 Å². The number of hydrogen-bond acceptors (Lipinski definition) is 4. The van der Waals surface area contributed by atoms with Gasteiger partial charge in [0.05, 0.1) is 26.4 Å². The number of benzene rings is 1. The second-order valence-electron chi connectivity index (χ2n) is 6.61. The van der Waals surface area contributed by atoms with Crippen LogP contribution in [0.5, 0.6) is 5.75 Å². The minimum absolute atomic E-state index is 0.565. The van der Waals surface area contributed by atoms with Crippen molar-refractivity contribution >= 4 is 5.96 Å². The number of ether oxygens (including phenoxy) is 3. The maximum atomic E-state index is 5.84. The summed E-state index contributed by atoms with van der Waals surface area (Å²) >= 11 is 0. The summed E-state index contributed by atoms with van der Waals surface area (Å²) < 4.78 is 16.5. The molecule has 6 nitrogen and oxygen atoms in total. The fourth-order valence-corrected chi connectivity index (χ4v) is 3.06. The molecule has 0 saturated carbocycles. The second kappa shape index (κ2) is 11.8. The first-order valence-corrected chi connectivity index (χ1v) is 9.45. The lowest BCUT2D eigenvalue weighted by Crippen LogP contribution is -2.40. The summed E-state index contributed by atoms with van der Waals surface area (Å²) in [7, 11) is 3.54. The summed E-state index contributed by atoms with van der Waals surface area (Å²) in [6, 6.07) is 8.11. The summed E-state index contributed by atoms with van der Waals surface area (Å²) in [5, 5.41) is 3.44. The standard InChI is InChI=1S/C20H33N3O3/c1-17-7-4-5-8-19(17)26-12-6-10-22-20(21-2)23-11-9-18(15-23)16-25-14-13-24-3/h4-5,7-8,18H,6,9-16H2,1-3H3,(H,21,22). The van der Waals surface area contributed by atoms with Gasteiger partial charge >= 0.3 is 0 Å². The Hall–Kier alpha value is -1.79. The van der Waals surface area contributed by atoms with Gasteiger partial charge in [-0.05, 0) is 31.4 Å². The predicted octanol–water partition coefficient (Wildman–Crippen LogP) is 2.32. The number of nitrogens with one attached hydrogen (secondary N) is 1. The zero-order valence-electron chi connectivity index (χ0n) is 16.4. The van der Waals surface area contributed by atoms with Crippen LogP contribution in [0.1, 0.15) is 18.4 Å². The number of likely N-dealkylation sites (tertiary alicyclic amines) is 1. The first-order valence-electron chi connectivity index (χ1n) is 9.45. The molecule has 0 spiro atoms. The van der Waals surface area contributed by atoms with Crippen LogP contribution in [0.2, 0.25) is 0 Å². The van der Waals surface area contributed by atoms with Crippen LogP contribution in [0.15, 0.2) is 29.3 Å². The largest absolute Gasteiger partial charge is 0.493 e. The Morgan fingerprint density at radius 2 is 2.12 bits per heavy atom. The molecule has 0 aliphatic carbocycles. The fraction of sp³-hybridized carbons (Fsp3) is 0.650. The molecule has 1 N–H and O–H groups in total. The molecule has 2 rings (SSSR count). The van der Waals surface area contributed by atoms with Crippen LogP contribution < -0.4 is 10.1 Å². The van der Waals surface area contributed by atoms with E-state index in [1.165, 1.54) is 5.56 Å². The van der Waals surface area contributed by atoms with Crippen molar-refractivity contribution < 1.29 is 14.2 Å². The lowest BCUT2D eigenvalue weighted by atomic mass is 10.1. The lowest BCUT2D eigenvalue weighted by Gasteiger charge is -2.21. The van der Waals surface area contributed by atoms with Crippen LogP contribution in [0, 0.1) is 12.8 Å². The molecule has 146 valence electrons. The van der Waals surface area contributed by atoms with E-state index in [1.807, 2.05) is 25.2 Å². The Bertz CT molecular complexity index is 551. The average molecular weight is 364 g/mol. The van der Waals surface area contributed by atoms with E-state index >= 15 is 0 Å². The first-order chi connectivity index (χ1) is 12.7. The van der Waals surface area contributed by atoms with Crippen molar-refractivity contribution in [1.29, 1.82) is 0 Å². The van der Waals surface area contributed by atoms with Gasteiger partial charge in [-0.1, -0.05) is 18.2 Å². The van der Waals surface area contributed by atoms with Crippen LogP contribution in [0.25, 0.3) is 0 Å². The molecule has 0 amide bonds. The second-order valence-corrected chi connectivity index (χ2v) is 6.61. The van der Waals surface area contributed by atoms with Crippen LogP contribution in [-0.2, 0) is 9.47 Å². The molecule has 0 radical (unpaired) electrons. The van der Waals surface area contributed by atoms with E-state index < -0.39 is 0 Å². The number of aryl methyl sites for hydroxylation is 1. The van der Waals surface area contributed by atoms with Crippen LogP contribution in [-0.4, -0.2) is 71.1 Å². The number of nitrogens with zero attached hydrogens (tertiary/aromatic N) is 2. The summed E-state index contributed by atoms with van der Waals surface area (Å²) in [6.07, 6.45) is 2.08. The van der Waals surface area contributed by atoms with Gasteiger partial charge in [-0.25, -0.2) is 0 Å². The van der Waals surface area contributed by atoms with Gasteiger partial charge in [-0.15, -0.1) is 0 Å². The topological polar surface area (TPSA) is 55.3 Å².